The average Bonchev–Trinajstić information content (AvgIpc) is 2.42. The second kappa shape index (κ2) is 9.86. The van der Waals surface area contributed by atoms with Gasteiger partial charge in [-0.2, -0.15) is 0 Å². The second-order valence-electron chi connectivity index (χ2n) is 4.21. The summed E-state index contributed by atoms with van der Waals surface area (Å²) in [5.41, 5.74) is 5.46. The fourth-order valence-electron chi connectivity index (χ4n) is 1.23. The Balaban J connectivity index is 0.000000885. The van der Waals surface area contributed by atoms with Crippen LogP contribution in [0.1, 0.15) is 18.9 Å². The smallest absolute Gasteiger partial charge is 0.161 e. The van der Waals surface area contributed by atoms with Crippen LogP contribution in [-0.4, -0.2) is 38.8 Å². The number of hydrogen-bond donors (Lipinski definition) is 2. The van der Waals surface area contributed by atoms with Crippen LogP contribution < -0.4 is 5.73 Å². The molecule has 5 nitrogen and oxygen atoms in total. The molecule has 21 heavy (non-hydrogen) atoms. The number of benzene rings is 1. The largest absolute Gasteiger partial charge is 0.396 e. The van der Waals surface area contributed by atoms with Crippen molar-refractivity contribution in [3.05, 3.63) is 34.1 Å². The van der Waals surface area contributed by atoms with E-state index in [0.717, 1.165) is 6.42 Å². The topological polar surface area (TPSA) is 92.8 Å². The molecule has 0 spiro atoms. The molecule has 0 aliphatic carbocycles. The zero-order valence-electron chi connectivity index (χ0n) is 12.0. The van der Waals surface area contributed by atoms with Crippen molar-refractivity contribution >= 4 is 31.6 Å². The van der Waals surface area contributed by atoms with Crippen molar-refractivity contribution in [3.8, 4) is 0 Å². The molecule has 0 aliphatic heterocycles. The van der Waals surface area contributed by atoms with E-state index in [0.29, 0.717) is 11.1 Å². The van der Waals surface area contributed by atoms with Gasteiger partial charge in [0, 0.05) is 23.7 Å². The van der Waals surface area contributed by atoms with Gasteiger partial charge in [-0.15, -0.1) is 0 Å². The number of aliphatic hydroxyl groups is 1. The quantitative estimate of drug-likeness (QED) is 0.600. The summed E-state index contributed by atoms with van der Waals surface area (Å²) in [6.45, 7) is 2.25. The van der Waals surface area contributed by atoms with Gasteiger partial charge in [-0.05, 0) is 24.6 Å². The highest BCUT2D eigenvalue weighted by Gasteiger charge is 2.16. The zero-order chi connectivity index (χ0) is 16.5. The highest BCUT2D eigenvalue weighted by Crippen LogP contribution is 2.18. The molecule has 0 unspecified atom stereocenters. The lowest BCUT2D eigenvalue weighted by Crippen LogP contribution is -2.24. The summed E-state index contributed by atoms with van der Waals surface area (Å²) < 4.78 is 37.4. The molecule has 3 N–H and O–H groups in total. The van der Waals surface area contributed by atoms with E-state index in [-0.39, 0.29) is 17.2 Å². The molecule has 0 fully saturated rings. The highest BCUT2D eigenvalue weighted by molar-refractivity contribution is 9.10. The van der Waals surface area contributed by atoms with Crippen LogP contribution in [0.2, 0.25) is 0 Å². The third-order valence-electron chi connectivity index (χ3n) is 2.26. The Morgan fingerprint density at radius 3 is 2.52 bits per heavy atom. The number of sulfone groups is 1. The number of rotatable bonds is 5. The molecule has 1 aromatic carbocycles. The van der Waals surface area contributed by atoms with Gasteiger partial charge in [0.25, 0.3) is 0 Å². The molecule has 0 amide bonds. The van der Waals surface area contributed by atoms with Crippen molar-refractivity contribution in [3.63, 3.8) is 0 Å². The van der Waals surface area contributed by atoms with Crippen LogP contribution in [0.5, 0.6) is 0 Å². The Morgan fingerprint density at radius 1 is 1.48 bits per heavy atom. The van der Waals surface area contributed by atoms with E-state index in [1.165, 1.54) is 25.2 Å². The van der Waals surface area contributed by atoms with Gasteiger partial charge in [0.05, 0.1) is 5.75 Å². The maximum absolute atomic E-state index is 13.4. The van der Waals surface area contributed by atoms with Crippen molar-refractivity contribution < 1.29 is 17.9 Å². The van der Waals surface area contributed by atoms with Crippen LogP contribution in [0.3, 0.4) is 0 Å². The van der Waals surface area contributed by atoms with Crippen LogP contribution >= 0.6 is 15.9 Å². The minimum atomic E-state index is -3.50. The lowest BCUT2D eigenvalue weighted by molar-refractivity contribution is 0.295. The summed E-state index contributed by atoms with van der Waals surface area (Å²) in [5, 5.41) is 7.88. The monoisotopic (exact) mass is 382 g/mol. The van der Waals surface area contributed by atoms with Crippen molar-refractivity contribution in [2.24, 2.45) is 10.7 Å². The minimum Gasteiger partial charge on any atom is -0.396 e. The highest BCUT2D eigenvalue weighted by atomic mass is 79.9. The summed E-state index contributed by atoms with van der Waals surface area (Å²) >= 11 is 3.16. The molecule has 1 aromatic rings. The van der Waals surface area contributed by atoms with E-state index in [4.69, 9.17) is 10.8 Å². The van der Waals surface area contributed by atoms with E-state index >= 15 is 0 Å². The number of aliphatic hydroxyl groups excluding tert-OH is 1. The van der Waals surface area contributed by atoms with Gasteiger partial charge in [0.2, 0.25) is 0 Å². The number of amidine groups is 1. The van der Waals surface area contributed by atoms with E-state index in [2.05, 4.69) is 20.9 Å². The molecular formula is C13H20BrFN2O3S. The Hall–Kier alpha value is -0.990. The first-order valence-electron chi connectivity index (χ1n) is 6.22. The predicted molar refractivity (Wildman–Crippen MR) is 86.5 cm³/mol. The van der Waals surface area contributed by atoms with Gasteiger partial charge in [0.15, 0.2) is 9.84 Å². The Labute approximate surface area is 133 Å². The fraction of sp³-hybridized carbons (Fsp3) is 0.462. The SMILES string of the molecule is CCCO.CN=C(N)CS(=O)(=O)Cc1cc(Br)ccc1F. The van der Waals surface area contributed by atoms with Gasteiger partial charge < -0.3 is 10.8 Å². The van der Waals surface area contributed by atoms with E-state index in [1.54, 1.807) is 0 Å². The number of aliphatic imine (C=N–C) groups is 1. The molecule has 1 rings (SSSR count). The predicted octanol–water partition coefficient (Wildman–Crippen LogP) is 1.88. The molecule has 0 radical (unpaired) electrons. The van der Waals surface area contributed by atoms with Gasteiger partial charge >= 0.3 is 0 Å². The Bertz CT molecular complexity index is 575. The molecule has 0 saturated carbocycles. The van der Waals surface area contributed by atoms with Gasteiger partial charge in [-0.1, -0.05) is 22.9 Å². The van der Waals surface area contributed by atoms with Crippen molar-refractivity contribution in [1.82, 2.24) is 0 Å². The second-order valence-corrected chi connectivity index (χ2v) is 7.19. The van der Waals surface area contributed by atoms with Crippen molar-refractivity contribution in [2.45, 2.75) is 19.1 Å². The van der Waals surface area contributed by atoms with Crippen LogP contribution in [0.4, 0.5) is 4.39 Å². The van der Waals surface area contributed by atoms with Gasteiger partial charge in [-0.3, -0.25) is 4.99 Å². The molecule has 8 heteroatoms. The van der Waals surface area contributed by atoms with Crippen molar-refractivity contribution in [1.29, 1.82) is 0 Å². The number of nitrogens with two attached hydrogens (primary N) is 1. The molecular weight excluding hydrogens is 363 g/mol. The van der Waals surface area contributed by atoms with Crippen LogP contribution in [0, 0.1) is 5.82 Å². The molecule has 0 aromatic heterocycles. The minimum absolute atomic E-state index is 0.0143. The molecule has 0 aliphatic rings. The Morgan fingerprint density at radius 2 is 2.05 bits per heavy atom. The molecule has 120 valence electrons. The van der Waals surface area contributed by atoms with E-state index < -0.39 is 21.4 Å². The van der Waals surface area contributed by atoms with Gasteiger partial charge in [0.1, 0.15) is 17.4 Å². The molecule has 0 bridgehead atoms. The first-order valence-corrected chi connectivity index (χ1v) is 8.83. The fourth-order valence-corrected chi connectivity index (χ4v) is 3.02. The third kappa shape index (κ3) is 8.79. The maximum atomic E-state index is 13.4. The number of hydrogen-bond acceptors (Lipinski definition) is 4. The summed E-state index contributed by atoms with van der Waals surface area (Å²) in [6.07, 6.45) is 0.875. The number of nitrogens with zero attached hydrogens (tertiary/aromatic N) is 1. The molecule has 0 saturated heterocycles. The Kier molecular flexibility index (Phi) is 9.39. The summed E-state index contributed by atoms with van der Waals surface area (Å²) in [4.78, 5) is 3.57. The normalized spacial score (nSPS) is 11.8. The van der Waals surface area contributed by atoms with E-state index in [9.17, 15) is 12.8 Å². The summed E-state index contributed by atoms with van der Waals surface area (Å²) in [6, 6.07) is 4.16. The van der Waals surface area contributed by atoms with Crippen molar-refractivity contribution in [2.75, 3.05) is 19.4 Å². The summed E-state index contributed by atoms with van der Waals surface area (Å²) in [5.74, 6) is -1.30. The zero-order valence-corrected chi connectivity index (χ0v) is 14.4. The molecule has 0 atom stereocenters. The van der Waals surface area contributed by atoms with Gasteiger partial charge in [-0.25, -0.2) is 12.8 Å². The lowest BCUT2D eigenvalue weighted by Gasteiger charge is -2.05. The van der Waals surface area contributed by atoms with Crippen LogP contribution in [0.25, 0.3) is 0 Å². The third-order valence-corrected chi connectivity index (χ3v) is 4.24. The average molecular weight is 383 g/mol. The first-order chi connectivity index (χ1) is 9.75. The number of halogens is 2. The van der Waals surface area contributed by atoms with E-state index in [1.807, 2.05) is 6.92 Å². The van der Waals surface area contributed by atoms with Crippen LogP contribution in [0.15, 0.2) is 27.7 Å². The first kappa shape index (κ1) is 20.0. The van der Waals surface area contributed by atoms with Crippen LogP contribution in [-0.2, 0) is 15.6 Å². The molecule has 0 heterocycles. The maximum Gasteiger partial charge on any atom is 0.161 e. The standard InChI is InChI=1S/C10H12BrFN2O2S.C3H8O/c1-14-10(13)6-17(15,16)5-7-4-8(11)2-3-9(7)12;1-2-3-4/h2-4H,5-6H2,1H3,(H2,13,14);4H,2-3H2,1H3. The summed E-state index contributed by atoms with van der Waals surface area (Å²) in [7, 11) is -2.09. The lowest BCUT2D eigenvalue weighted by atomic mass is 10.2.